The molecule has 1 heterocycles. The SMILES string of the molecule is COc1cc(N2CC(CS(=O)(=O)F)CC2=O)ccc1F. The standard InChI is InChI=1S/C12H13F2NO4S/c1-19-11-5-9(2-3-10(11)13)15-6-8(4-12(15)16)7-20(14,17)18/h2-3,5,8H,4,6-7H2,1H3. The lowest BCUT2D eigenvalue weighted by Crippen LogP contribution is -2.25. The maximum Gasteiger partial charge on any atom is 0.302 e. The van der Waals surface area contributed by atoms with Crippen LogP contribution in [0.3, 0.4) is 0 Å². The average Bonchev–Trinajstić information content (AvgIpc) is 2.68. The minimum absolute atomic E-state index is 0.0168. The van der Waals surface area contributed by atoms with E-state index in [-0.39, 0.29) is 24.6 Å². The molecule has 1 amide bonds. The molecule has 0 aromatic heterocycles. The molecule has 1 aromatic rings. The Kier molecular flexibility index (Phi) is 3.94. The van der Waals surface area contributed by atoms with Crippen LogP contribution in [0.5, 0.6) is 5.75 Å². The summed E-state index contributed by atoms with van der Waals surface area (Å²) in [4.78, 5) is 13.1. The Bertz CT molecular complexity index is 632. The number of benzene rings is 1. The fraction of sp³-hybridized carbons (Fsp3) is 0.417. The maximum absolute atomic E-state index is 13.3. The number of ether oxygens (including phenoxy) is 1. The van der Waals surface area contributed by atoms with Gasteiger partial charge in [0.2, 0.25) is 5.91 Å². The van der Waals surface area contributed by atoms with Gasteiger partial charge in [-0.05, 0) is 12.1 Å². The largest absolute Gasteiger partial charge is 0.494 e. The van der Waals surface area contributed by atoms with E-state index < -0.39 is 27.7 Å². The Balaban J connectivity index is 2.20. The number of carbonyl (C=O) groups is 1. The van der Waals surface area contributed by atoms with E-state index in [0.29, 0.717) is 5.69 Å². The zero-order valence-electron chi connectivity index (χ0n) is 10.7. The maximum atomic E-state index is 13.3. The Labute approximate surface area is 115 Å². The number of hydrogen-bond acceptors (Lipinski definition) is 4. The van der Waals surface area contributed by atoms with E-state index in [1.807, 2.05) is 0 Å². The normalized spacial score (nSPS) is 19.4. The van der Waals surface area contributed by atoms with Crippen molar-refractivity contribution in [3.63, 3.8) is 0 Å². The second-order valence-corrected chi connectivity index (χ2v) is 6.01. The first-order valence-electron chi connectivity index (χ1n) is 5.86. The summed E-state index contributed by atoms with van der Waals surface area (Å²) < 4.78 is 52.0. The van der Waals surface area contributed by atoms with Gasteiger partial charge >= 0.3 is 10.2 Å². The number of carbonyl (C=O) groups excluding carboxylic acids is 1. The minimum Gasteiger partial charge on any atom is -0.494 e. The van der Waals surface area contributed by atoms with E-state index in [1.165, 1.54) is 24.1 Å². The smallest absolute Gasteiger partial charge is 0.302 e. The molecule has 1 atom stereocenters. The van der Waals surface area contributed by atoms with Crippen molar-refractivity contribution >= 4 is 21.8 Å². The topological polar surface area (TPSA) is 63.7 Å². The van der Waals surface area contributed by atoms with Crippen molar-refractivity contribution < 1.29 is 26.2 Å². The fourth-order valence-corrected chi connectivity index (χ4v) is 3.03. The summed E-state index contributed by atoms with van der Waals surface area (Å²) in [6.07, 6.45) is -0.0527. The quantitative estimate of drug-likeness (QED) is 0.791. The van der Waals surface area contributed by atoms with Crippen LogP contribution in [0.15, 0.2) is 18.2 Å². The highest BCUT2D eigenvalue weighted by Crippen LogP contribution is 2.30. The Morgan fingerprint density at radius 1 is 1.45 bits per heavy atom. The van der Waals surface area contributed by atoms with Crippen molar-refractivity contribution in [1.29, 1.82) is 0 Å². The van der Waals surface area contributed by atoms with Crippen molar-refractivity contribution in [2.45, 2.75) is 6.42 Å². The second-order valence-electron chi connectivity index (χ2n) is 4.60. The lowest BCUT2D eigenvalue weighted by atomic mass is 10.1. The lowest BCUT2D eigenvalue weighted by Gasteiger charge is -2.17. The molecule has 5 nitrogen and oxygen atoms in total. The van der Waals surface area contributed by atoms with Gasteiger partial charge in [-0.1, -0.05) is 0 Å². The molecule has 1 fully saturated rings. The highest BCUT2D eigenvalue weighted by molar-refractivity contribution is 7.86. The number of nitrogens with zero attached hydrogens (tertiary/aromatic N) is 1. The van der Waals surface area contributed by atoms with Gasteiger partial charge in [-0.3, -0.25) is 4.79 Å². The lowest BCUT2D eigenvalue weighted by molar-refractivity contribution is -0.117. The molecule has 110 valence electrons. The van der Waals surface area contributed by atoms with Gasteiger partial charge in [0, 0.05) is 30.6 Å². The summed E-state index contributed by atoms with van der Waals surface area (Å²) in [7, 11) is -3.32. The monoisotopic (exact) mass is 305 g/mol. The molecular formula is C12H13F2NO4S. The van der Waals surface area contributed by atoms with E-state index in [4.69, 9.17) is 4.74 Å². The molecule has 0 saturated carbocycles. The fourth-order valence-electron chi connectivity index (χ4n) is 2.24. The van der Waals surface area contributed by atoms with E-state index in [9.17, 15) is 21.5 Å². The number of halogens is 2. The second kappa shape index (κ2) is 5.35. The molecule has 1 aliphatic rings. The Morgan fingerprint density at radius 3 is 2.75 bits per heavy atom. The molecule has 1 aromatic carbocycles. The molecule has 8 heteroatoms. The molecule has 0 aliphatic carbocycles. The van der Waals surface area contributed by atoms with Crippen LogP contribution < -0.4 is 9.64 Å². The van der Waals surface area contributed by atoms with E-state index in [1.54, 1.807) is 0 Å². The van der Waals surface area contributed by atoms with Crippen molar-refractivity contribution in [3.05, 3.63) is 24.0 Å². The van der Waals surface area contributed by atoms with Crippen LogP contribution in [-0.4, -0.2) is 33.7 Å². The predicted molar refractivity (Wildman–Crippen MR) is 68.3 cm³/mol. The number of amides is 1. The number of anilines is 1. The van der Waals surface area contributed by atoms with Crippen LogP contribution in [0.1, 0.15) is 6.42 Å². The van der Waals surface area contributed by atoms with Crippen molar-refractivity contribution in [3.8, 4) is 5.75 Å². The number of rotatable bonds is 4. The first kappa shape index (κ1) is 14.7. The van der Waals surface area contributed by atoms with Gasteiger partial charge in [0.15, 0.2) is 11.6 Å². The van der Waals surface area contributed by atoms with Gasteiger partial charge < -0.3 is 9.64 Å². The molecule has 0 spiro atoms. The molecule has 2 rings (SSSR count). The Hall–Kier alpha value is -1.70. The zero-order valence-corrected chi connectivity index (χ0v) is 11.5. The predicted octanol–water partition coefficient (Wildman–Crippen LogP) is 1.49. The summed E-state index contributed by atoms with van der Waals surface area (Å²) >= 11 is 0. The number of hydrogen-bond donors (Lipinski definition) is 0. The molecule has 0 radical (unpaired) electrons. The summed E-state index contributed by atoms with van der Waals surface area (Å²) in [6.45, 7) is 0.0801. The van der Waals surface area contributed by atoms with Crippen molar-refractivity contribution in [1.82, 2.24) is 0 Å². The van der Waals surface area contributed by atoms with Gasteiger partial charge in [0.1, 0.15) is 0 Å². The van der Waals surface area contributed by atoms with Gasteiger partial charge in [0.05, 0.1) is 12.9 Å². The summed E-state index contributed by atoms with van der Waals surface area (Å²) in [6, 6.07) is 3.89. The third-order valence-corrected chi connectivity index (χ3v) is 3.96. The minimum atomic E-state index is -4.62. The first-order chi connectivity index (χ1) is 9.30. The molecule has 1 unspecified atom stereocenters. The van der Waals surface area contributed by atoms with Crippen LogP contribution in [0.25, 0.3) is 0 Å². The summed E-state index contributed by atoms with van der Waals surface area (Å²) in [5, 5.41) is 0. The molecule has 1 saturated heterocycles. The molecule has 0 N–H and O–H groups in total. The van der Waals surface area contributed by atoms with E-state index in [2.05, 4.69) is 0 Å². The highest BCUT2D eigenvalue weighted by atomic mass is 32.3. The van der Waals surface area contributed by atoms with Crippen LogP contribution in [0.2, 0.25) is 0 Å². The third-order valence-electron chi connectivity index (χ3n) is 3.09. The van der Waals surface area contributed by atoms with Crippen LogP contribution in [0, 0.1) is 11.7 Å². The Morgan fingerprint density at radius 2 is 2.15 bits per heavy atom. The van der Waals surface area contributed by atoms with Crippen LogP contribution in [0.4, 0.5) is 14.0 Å². The van der Waals surface area contributed by atoms with Crippen LogP contribution in [-0.2, 0) is 15.0 Å². The molecule has 1 aliphatic heterocycles. The zero-order chi connectivity index (χ0) is 14.9. The van der Waals surface area contributed by atoms with Crippen LogP contribution >= 0.6 is 0 Å². The van der Waals surface area contributed by atoms with Gasteiger partial charge in [-0.15, -0.1) is 3.89 Å². The molecule has 0 bridgehead atoms. The summed E-state index contributed by atoms with van der Waals surface area (Å²) in [5.74, 6) is -2.20. The molecular weight excluding hydrogens is 292 g/mol. The van der Waals surface area contributed by atoms with E-state index in [0.717, 1.165) is 6.07 Å². The molecule has 20 heavy (non-hydrogen) atoms. The van der Waals surface area contributed by atoms with Gasteiger partial charge in [-0.25, -0.2) is 4.39 Å². The first-order valence-corrected chi connectivity index (χ1v) is 7.41. The van der Waals surface area contributed by atoms with Gasteiger partial charge in [0.25, 0.3) is 0 Å². The van der Waals surface area contributed by atoms with E-state index >= 15 is 0 Å². The average molecular weight is 305 g/mol. The van der Waals surface area contributed by atoms with Crippen molar-refractivity contribution in [2.75, 3.05) is 24.3 Å². The third kappa shape index (κ3) is 3.24. The number of methoxy groups -OCH3 is 1. The highest BCUT2D eigenvalue weighted by Gasteiger charge is 2.33. The van der Waals surface area contributed by atoms with Crippen molar-refractivity contribution in [2.24, 2.45) is 5.92 Å². The summed E-state index contributed by atoms with van der Waals surface area (Å²) in [5.41, 5.74) is 0.395. The van der Waals surface area contributed by atoms with Gasteiger partial charge in [-0.2, -0.15) is 8.42 Å².